The molecule has 1 atom stereocenters. The number of aliphatic hydroxyl groups is 1. The van der Waals surface area contributed by atoms with Crippen LogP contribution in [0.3, 0.4) is 0 Å². The molecule has 0 bridgehead atoms. The Labute approximate surface area is 377 Å². The van der Waals surface area contributed by atoms with Gasteiger partial charge in [0.2, 0.25) is 0 Å². The standard InChI is InChI=1S/C54H111N3O3/c1-4-7-10-13-16-19-22-25-28-31-34-37-42-50-60-54(59)44-43-47-56-51-53(58)52-57(48-40-36-33-30-27-24-21-18-15-12-9-6-3)49-41-39-46-55-45-38-35-32-29-26-23-20-17-14-11-8-5-2/h53,55-56,58H,4-52H2,1-3H3. The Morgan fingerprint density at radius 1 is 0.417 bits per heavy atom. The first-order valence-electron chi connectivity index (χ1n) is 27.6. The van der Waals surface area contributed by atoms with Crippen molar-refractivity contribution in [3.63, 3.8) is 0 Å². The number of nitrogens with zero attached hydrogens (tertiary/aromatic N) is 1. The lowest BCUT2D eigenvalue weighted by atomic mass is 10.0. The molecule has 6 nitrogen and oxygen atoms in total. The van der Waals surface area contributed by atoms with Crippen molar-refractivity contribution < 1.29 is 14.6 Å². The van der Waals surface area contributed by atoms with Gasteiger partial charge in [0, 0.05) is 19.5 Å². The van der Waals surface area contributed by atoms with Gasteiger partial charge in [-0.25, -0.2) is 0 Å². The molecule has 0 radical (unpaired) electrons. The fourth-order valence-electron chi connectivity index (χ4n) is 8.64. The molecule has 3 N–H and O–H groups in total. The molecule has 0 spiro atoms. The van der Waals surface area contributed by atoms with E-state index in [4.69, 9.17) is 4.74 Å². The second-order valence-corrected chi connectivity index (χ2v) is 19.0. The van der Waals surface area contributed by atoms with Crippen molar-refractivity contribution in [2.45, 2.75) is 290 Å². The van der Waals surface area contributed by atoms with Crippen molar-refractivity contribution in [1.29, 1.82) is 0 Å². The maximum Gasteiger partial charge on any atom is 0.305 e. The summed E-state index contributed by atoms with van der Waals surface area (Å²) >= 11 is 0. The minimum Gasteiger partial charge on any atom is -0.466 e. The molecule has 0 aliphatic heterocycles. The quantitative estimate of drug-likeness (QED) is 0.0418. The fraction of sp³-hybridized carbons (Fsp3) is 0.981. The zero-order valence-corrected chi connectivity index (χ0v) is 41.4. The SMILES string of the molecule is CCCCCCCCCCCCCCCOC(=O)CCCNCC(O)CN(CCCCCCCCCCCCCC)CCCCNCCCCCCCCCCCCCC. The second-order valence-electron chi connectivity index (χ2n) is 19.0. The van der Waals surface area contributed by atoms with Crippen LogP contribution in [-0.2, 0) is 9.53 Å². The first-order valence-corrected chi connectivity index (χ1v) is 27.6. The van der Waals surface area contributed by atoms with Gasteiger partial charge in [0.1, 0.15) is 0 Å². The molecule has 0 saturated heterocycles. The molecule has 1 unspecified atom stereocenters. The maximum atomic E-state index is 12.2. The molecule has 0 saturated carbocycles. The Bertz CT molecular complexity index is 798. The van der Waals surface area contributed by atoms with Gasteiger partial charge in [-0.2, -0.15) is 0 Å². The summed E-state index contributed by atoms with van der Waals surface area (Å²) in [7, 11) is 0. The molecule has 0 aromatic heterocycles. The largest absolute Gasteiger partial charge is 0.466 e. The predicted octanol–water partition coefficient (Wildman–Crippen LogP) is 15.4. The summed E-state index contributed by atoms with van der Waals surface area (Å²) < 4.78 is 5.50. The van der Waals surface area contributed by atoms with Gasteiger partial charge in [0.15, 0.2) is 0 Å². The monoisotopic (exact) mass is 850 g/mol. The number of unbranched alkanes of at least 4 members (excludes halogenated alkanes) is 35. The number of hydrogen-bond donors (Lipinski definition) is 3. The van der Waals surface area contributed by atoms with Crippen LogP contribution in [0.25, 0.3) is 0 Å². The lowest BCUT2D eigenvalue weighted by Gasteiger charge is -2.25. The summed E-state index contributed by atoms with van der Waals surface area (Å²) in [6.07, 6.45) is 53.8. The summed E-state index contributed by atoms with van der Waals surface area (Å²) in [5.41, 5.74) is 0. The molecule has 0 heterocycles. The molecule has 0 aliphatic rings. The van der Waals surface area contributed by atoms with Gasteiger partial charge in [-0.1, -0.05) is 239 Å². The van der Waals surface area contributed by atoms with E-state index in [0.29, 0.717) is 19.6 Å². The highest BCUT2D eigenvalue weighted by molar-refractivity contribution is 5.69. The van der Waals surface area contributed by atoms with Crippen molar-refractivity contribution in [3.8, 4) is 0 Å². The van der Waals surface area contributed by atoms with Crippen molar-refractivity contribution in [1.82, 2.24) is 15.5 Å². The number of rotatable bonds is 53. The maximum absolute atomic E-state index is 12.2. The van der Waals surface area contributed by atoms with Crippen molar-refractivity contribution in [2.75, 3.05) is 52.4 Å². The zero-order valence-electron chi connectivity index (χ0n) is 41.4. The number of ether oxygens (including phenoxy) is 1. The van der Waals surface area contributed by atoms with E-state index in [0.717, 1.165) is 58.5 Å². The molecular weight excluding hydrogens is 739 g/mol. The van der Waals surface area contributed by atoms with Gasteiger partial charge >= 0.3 is 5.97 Å². The number of carbonyl (C=O) groups excluding carboxylic acids is 1. The van der Waals surface area contributed by atoms with E-state index >= 15 is 0 Å². The predicted molar refractivity (Wildman–Crippen MR) is 265 cm³/mol. The topological polar surface area (TPSA) is 73.8 Å². The van der Waals surface area contributed by atoms with Gasteiger partial charge in [-0.15, -0.1) is 0 Å². The van der Waals surface area contributed by atoms with Crippen LogP contribution in [-0.4, -0.2) is 74.5 Å². The van der Waals surface area contributed by atoms with Gasteiger partial charge in [0.25, 0.3) is 0 Å². The summed E-state index contributed by atoms with van der Waals surface area (Å²) in [5.74, 6) is -0.0755. The van der Waals surface area contributed by atoms with E-state index in [1.165, 1.54) is 238 Å². The van der Waals surface area contributed by atoms with E-state index < -0.39 is 0 Å². The van der Waals surface area contributed by atoms with Crippen LogP contribution in [0.15, 0.2) is 0 Å². The third kappa shape index (κ3) is 50.0. The van der Waals surface area contributed by atoms with E-state index in [9.17, 15) is 9.90 Å². The first kappa shape index (κ1) is 59.3. The molecule has 60 heavy (non-hydrogen) atoms. The molecule has 360 valence electrons. The third-order valence-corrected chi connectivity index (χ3v) is 12.7. The summed E-state index contributed by atoms with van der Waals surface area (Å²) in [4.78, 5) is 14.8. The van der Waals surface area contributed by atoms with Crippen LogP contribution in [0.1, 0.15) is 284 Å². The Kier molecular flexibility index (Phi) is 52.0. The molecule has 0 fully saturated rings. The Morgan fingerprint density at radius 2 is 0.733 bits per heavy atom. The average Bonchev–Trinajstić information content (AvgIpc) is 3.25. The molecule has 0 rings (SSSR count). The minimum absolute atomic E-state index is 0.0755. The van der Waals surface area contributed by atoms with Gasteiger partial charge in [-0.3, -0.25) is 4.79 Å². The molecule has 0 aliphatic carbocycles. The Hall–Kier alpha value is -0.690. The van der Waals surface area contributed by atoms with Crippen LogP contribution < -0.4 is 10.6 Å². The number of nitrogens with one attached hydrogen (secondary N) is 2. The molecule has 0 amide bonds. The van der Waals surface area contributed by atoms with Crippen molar-refractivity contribution >= 4 is 5.97 Å². The summed E-state index contributed by atoms with van der Waals surface area (Å²) in [5, 5.41) is 18.1. The van der Waals surface area contributed by atoms with Gasteiger partial charge < -0.3 is 25.4 Å². The zero-order chi connectivity index (χ0) is 43.5. The Balaban J connectivity index is 4.08. The van der Waals surface area contributed by atoms with Crippen molar-refractivity contribution in [2.24, 2.45) is 0 Å². The highest BCUT2D eigenvalue weighted by Crippen LogP contribution is 2.15. The molecule has 0 aromatic rings. The molecule has 0 aromatic carbocycles. The highest BCUT2D eigenvalue weighted by Gasteiger charge is 2.12. The number of esters is 1. The van der Waals surface area contributed by atoms with E-state index in [-0.39, 0.29) is 12.1 Å². The van der Waals surface area contributed by atoms with Crippen LogP contribution in [0.4, 0.5) is 0 Å². The van der Waals surface area contributed by atoms with Crippen molar-refractivity contribution in [3.05, 3.63) is 0 Å². The molecule has 6 heteroatoms. The van der Waals surface area contributed by atoms with Gasteiger partial charge in [-0.05, 0) is 71.2 Å². The highest BCUT2D eigenvalue weighted by atomic mass is 16.5. The van der Waals surface area contributed by atoms with E-state index in [1.54, 1.807) is 0 Å². The van der Waals surface area contributed by atoms with Crippen LogP contribution >= 0.6 is 0 Å². The number of hydrogen-bond acceptors (Lipinski definition) is 6. The number of aliphatic hydroxyl groups excluding tert-OH is 1. The first-order chi connectivity index (χ1) is 29.6. The van der Waals surface area contributed by atoms with Crippen LogP contribution in [0.2, 0.25) is 0 Å². The summed E-state index contributed by atoms with van der Waals surface area (Å²) in [6, 6.07) is 0. The lowest BCUT2D eigenvalue weighted by molar-refractivity contribution is -0.143. The third-order valence-electron chi connectivity index (χ3n) is 12.7. The van der Waals surface area contributed by atoms with Gasteiger partial charge in [0.05, 0.1) is 12.7 Å². The van der Waals surface area contributed by atoms with Crippen LogP contribution in [0, 0.1) is 0 Å². The normalized spacial score (nSPS) is 12.2. The van der Waals surface area contributed by atoms with Crippen LogP contribution in [0.5, 0.6) is 0 Å². The van der Waals surface area contributed by atoms with E-state index in [1.807, 2.05) is 0 Å². The Morgan fingerprint density at radius 3 is 1.15 bits per heavy atom. The fourth-order valence-corrected chi connectivity index (χ4v) is 8.64. The summed E-state index contributed by atoms with van der Waals surface area (Å²) in [6.45, 7) is 13.9. The average molecular weight is 850 g/mol. The molecular formula is C54H111N3O3. The lowest BCUT2D eigenvalue weighted by Crippen LogP contribution is -2.39. The smallest absolute Gasteiger partial charge is 0.305 e. The number of carbonyl (C=O) groups is 1. The van der Waals surface area contributed by atoms with E-state index in [2.05, 4.69) is 36.3 Å². The second kappa shape index (κ2) is 52.7. The minimum atomic E-state index is -0.381.